The van der Waals surface area contributed by atoms with Gasteiger partial charge in [-0.3, -0.25) is 0 Å². The molecule has 1 heterocycles. The molecular weight excluding hydrogens is 360 g/mol. The number of fused-ring (bicyclic) bond motifs is 3. The van der Waals surface area contributed by atoms with Crippen molar-refractivity contribution < 1.29 is 9.53 Å². The normalized spacial score (nSPS) is 12.4. The van der Waals surface area contributed by atoms with Gasteiger partial charge < -0.3 is 9.30 Å². The van der Waals surface area contributed by atoms with E-state index in [1.54, 1.807) is 13.0 Å². The van der Waals surface area contributed by atoms with E-state index in [1.807, 2.05) is 36.4 Å². The molecule has 0 saturated carbocycles. The second-order valence-corrected chi connectivity index (χ2v) is 6.33. The first kappa shape index (κ1) is 18.8. The van der Waals surface area contributed by atoms with Gasteiger partial charge in [0.05, 0.1) is 6.61 Å². The number of para-hydroxylation sites is 1. The molecule has 0 atom stereocenters. The first-order chi connectivity index (χ1) is 13.1. The lowest BCUT2D eigenvalue weighted by Crippen LogP contribution is -2.05. The summed E-state index contributed by atoms with van der Waals surface area (Å²) in [5, 5.41) is 11.8. The van der Waals surface area contributed by atoms with Crippen molar-refractivity contribution in [2.45, 2.75) is 20.4 Å². The smallest absolute Gasteiger partial charge is 0.348 e. The van der Waals surface area contributed by atoms with Gasteiger partial charge in [-0.15, -0.1) is 0 Å². The van der Waals surface area contributed by atoms with E-state index in [0.717, 1.165) is 23.0 Å². The van der Waals surface area contributed by atoms with Crippen molar-refractivity contribution >= 4 is 44.4 Å². The molecule has 0 bridgehead atoms. The van der Waals surface area contributed by atoms with E-state index in [1.165, 1.54) is 17.0 Å². The third-order valence-electron chi connectivity index (χ3n) is 4.38. The third kappa shape index (κ3) is 3.60. The minimum Gasteiger partial charge on any atom is -0.462 e. The first-order valence-electron chi connectivity index (χ1n) is 8.76. The van der Waals surface area contributed by atoms with Gasteiger partial charge in [0.15, 0.2) is 0 Å². The standard InChI is InChI=1S/C22H19ClN2O2/c1-3-25-20-8-6-5-7-17(20)18-13-15(10-12-21(18)25)19(23)11-9-16(14-24)22(26)27-4-2/h5-13H,3-4H2,1-2H3. The number of halogens is 1. The number of aryl methyl sites for hydroxylation is 1. The fourth-order valence-corrected chi connectivity index (χ4v) is 3.34. The Labute approximate surface area is 162 Å². The fraction of sp³-hybridized carbons (Fsp3) is 0.182. The Morgan fingerprint density at radius 2 is 1.89 bits per heavy atom. The van der Waals surface area contributed by atoms with E-state index in [4.69, 9.17) is 21.6 Å². The number of carbonyl (C=O) groups is 1. The summed E-state index contributed by atoms with van der Waals surface area (Å²) in [5.74, 6) is -0.651. The van der Waals surface area contributed by atoms with Gasteiger partial charge in [0, 0.05) is 33.4 Å². The highest BCUT2D eigenvalue weighted by Gasteiger charge is 2.11. The predicted octanol–water partition coefficient (Wildman–Crippen LogP) is 5.41. The number of hydrogen-bond acceptors (Lipinski definition) is 3. The van der Waals surface area contributed by atoms with Crippen LogP contribution in [0.25, 0.3) is 26.8 Å². The molecule has 3 rings (SSSR count). The molecule has 0 spiro atoms. The maximum absolute atomic E-state index is 11.7. The summed E-state index contributed by atoms with van der Waals surface area (Å²) in [5.41, 5.74) is 3.06. The van der Waals surface area contributed by atoms with Crippen LogP contribution in [-0.2, 0) is 16.1 Å². The fourth-order valence-electron chi connectivity index (χ4n) is 3.16. The Morgan fingerprint density at radius 1 is 1.15 bits per heavy atom. The maximum atomic E-state index is 11.7. The van der Waals surface area contributed by atoms with Crippen LogP contribution < -0.4 is 0 Å². The summed E-state index contributed by atoms with van der Waals surface area (Å²) in [7, 11) is 0. The SMILES string of the molecule is CCOC(=O)C(C#N)=CC=C(Cl)c1ccc2c(c1)c1ccccc1n2CC. The van der Waals surface area contributed by atoms with E-state index in [-0.39, 0.29) is 12.2 Å². The van der Waals surface area contributed by atoms with Crippen molar-refractivity contribution in [2.75, 3.05) is 6.61 Å². The summed E-state index contributed by atoms with van der Waals surface area (Å²) in [6.45, 7) is 4.90. The summed E-state index contributed by atoms with van der Waals surface area (Å²) >= 11 is 6.43. The number of ether oxygens (including phenoxy) is 1. The second kappa shape index (κ2) is 8.11. The van der Waals surface area contributed by atoms with E-state index in [2.05, 4.69) is 23.6 Å². The van der Waals surface area contributed by atoms with Gasteiger partial charge >= 0.3 is 5.97 Å². The minimum absolute atomic E-state index is 0.0846. The topological polar surface area (TPSA) is 55.0 Å². The van der Waals surface area contributed by atoms with Crippen LogP contribution in [0.15, 0.2) is 60.2 Å². The van der Waals surface area contributed by atoms with Crippen LogP contribution in [0.2, 0.25) is 0 Å². The number of nitrogens with zero attached hydrogens (tertiary/aromatic N) is 2. The molecule has 3 aromatic rings. The number of aromatic nitrogens is 1. The zero-order chi connectivity index (χ0) is 19.4. The van der Waals surface area contributed by atoms with Crippen LogP contribution in [0.3, 0.4) is 0 Å². The molecule has 0 fully saturated rings. The predicted molar refractivity (Wildman–Crippen MR) is 109 cm³/mol. The van der Waals surface area contributed by atoms with E-state index in [0.29, 0.717) is 5.03 Å². The number of carbonyl (C=O) groups excluding carboxylic acids is 1. The Kier molecular flexibility index (Phi) is 5.63. The van der Waals surface area contributed by atoms with Gasteiger partial charge in [-0.05, 0) is 49.8 Å². The molecule has 4 nitrogen and oxygen atoms in total. The lowest BCUT2D eigenvalue weighted by atomic mass is 10.1. The van der Waals surface area contributed by atoms with Crippen molar-refractivity contribution in [1.82, 2.24) is 4.57 Å². The van der Waals surface area contributed by atoms with Crippen molar-refractivity contribution in [3.63, 3.8) is 0 Å². The summed E-state index contributed by atoms with van der Waals surface area (Å²) < 4.78 is 7.11. The number of allylic oxidation sites excluding steroid dienone is 2. The lowest BCUT2D eigenvalue weighted by molar-refractivity contribution is -0.138. The van der Waals surface area contributed by atoms with Crippen molar-refractivity contribution in [3.05, 3.63) is 65.8 Å². The van der Waals surface area contributed by atoms with Gasteiger partial charge in [0.2, 0.25) is 0 Å². The number of rotatable bonds is 5. The van der Waals surface area contributed by atoms with Crippen LogP contribution in [0.4, 0.5) is 0 Å². The highest BCUT2D eigenvalue weighted by atomic mass is 35.5. The number of benzene rings is 2. The third-order valence-corrected chi connectivity index (χ3v) is 4.72. The van der Waals surface area contributed by atoms with E-state index >= 15 is 0 Å². The number of esters is 1. The largest absolute Gasteiger partial charge is 0.462 e. The number of hydrogen-bond donors (Lipinski definition) is 0. The highest BCUT2D eigenvalue weighted by Crippen LogP contribution is 2.32. The molecule has 0 amide bonds. The Bertz CT molecular complexity index is 1120. The molecule has 0 saturated heterocycles. The molecule has 0 aliphatic rings. The molecule has 0 aliphatic heterocycles. The Balaban J connectivity index is 2.06. The van der Waals surface area contributed by atoms with Crippen molar-refractivity contribution in [3.8, 4) is 6.07 Å². The molecule has 1 aromatic heterocycles. The van der Waals surface area contributed by atoms with Crippen molar-refractivity contribution in [1.29, 1.82) is 5.26 Å². The average molecular weight is 379 g/mol. The first-order valence-corrected chi connectivity index (χ1v) is 9.14. The molecule has 0 aliphatic carbocycles. The molecule has 0 radical (unpaired) electrons. The molecule has 5 heteroatoms. The lowest BCUT2D eigenvalue weighted by Gasteiger charge is -2.04. The molecule has 0 N–H and O–H groups in total. The van der Waals surface area contributed by atoms with Crippen LogP contribution in [0.5, 0.6) is 0 Å². The monoisotopic (exact) mass is 378 g/mol. The zero-order valence-electron chi connectivity index (χ0n) is 15.2. The average Bonchev–Trinajstić information content (AvgIpc) is 3.01. The van der Waals surface area contributed by atoms with E-state index in [9.17, 15) is 4.79 Å². The van der Waals surface area contributed by atoms with E-state index < -0.39 is 5.97 Å². The maximum Gasteiger partial charge on any atom is 0.348 e. The summed E-state index contributed by atoms with van der Waals surface area (Å²) in [4.78, 5) is 11.7. The van der Waals surface area contributed by atoms with Gasteiger partial charge in [0.25, 0.3) is 0 Å². The molecule has 0 unspecified atom stereocenters. The Morgan fingerprint density at radius 3 is 2.59 bits per heavy atom. The van der Waals surface area contributed by atoms with Crippen molar-refractivity contribution in [2.24, 2.45) is 0 Å². The van der Waals surface area contributed by atoms with Crippen LogP contribution in [0.1, 0.15) is 19.4 Å². The molecular formula is C22H19ClN2O2. The summed E-state index contributed by atoms with van der Waals surface area (Å²) in [6, 6.07) is 16.1. The van der Waals surface area contributed by atoms with Gasteiger partial charge in [-0.2, -0.15) is 5.26 Å². The highest BCUT2D eigenvalue weighted by molar-refractivity contribution is 6.49. The van der Waals surface area contributed by atoms with Crippen LogP contribution >= 0.6 is 11.6 Å². The molecule has 27 heavy (non-hydrogen) atoms. The molecule has 2 aromatic carbocycles. The van der Waals surface area contributed by atoms with Gasteiger partial charge in [0.1, 0.15) is 11.6 Å². The van der Waals surface area contributed by atoms with Gasteiger partial charge in [-0.1, -0.05) is 35.9 Å². The zero-order valence-corrected chi connectivity index (χ0v) is 16.0. The number of nitriles is 1. The molecule has 136 valence electrons. The Hall–Kier alpha value is -3.03. The van der Waals surface area contributed by atoms with Crippen LogP contribution in [-0.4, -0.2) is 17.1 Å². The summed E-state index contributed by atoms with van der Waals surface area (Å²) in [6.07, 6.45) is 2.94. The van der Waals surface area contributed by atoms with Crippen LogP contribution in [0, 0.1) is 11.3 Å². The second-order valence-electron chi connectivity index (χ2n) is 5.92. The van der Waals surface area contributed by atoms with Gasteiger partial charge in [-0.25, -0.2) is 4.79 Å². The quantitative estimate of drug-likeness (QED) is 0.258. The minimum atomic E-state index is -0.651.